The molecule has 0 bridgehead atoms. The number of carbonyl (C=O) groups excluding carboxylic acids is 1. The van der Waals surface area contributed by atoms with Gasteiger partial charge in [-0.05, 0) is 38.5 Å². The molecule has 1 aliphatic heterocycles. The van der Waals surface area contributed by atoms with E-state index in [0.29, 0.717) is 35.1 Å². The topological polar surface area (TPSA) is 73.3 Å². The maximum Gasteiger partial charge on any atom is 0.255 e. The minimum absolute atomic E-state index is 0.173. The number of nitrogens with zero attached hydrogens (tertiary/aromatic N) is 2. The standard InChI is InChI=1S/C16H17N3O3/c1-9-15(10(2)19-11(3)18-9)16(20)17-7-12-4-5-13-14(6-12)22-8-21-13/h4-6H,7-8H2,1-3H3,(H,17,20). The molecule has 0 aliphatic carbocycles. The molecule has 22 heavy (non-hydrogen) atoms. The van der Waals surface area contributed by atoms with E-state index in [1.54, 1.807) is 0 Å². The summed E-state index contributed by atoms with van der Waals surface area (Å²) in [4.78, 5) is 20.9. The molecule has 0 radical (unpaired) electrons. The summed E-state index contributed by atoms with van der Waals surface area (Å²) < 4.78 is 10.6. The first kappa shape index (κ1) is 14.3. The number of hydrogen-bond donors (Lipinski definition) is 1. The summed E-state index contributed by atoms with van der Waals surface area (Å²) in [6.45, 7) is 6.09. The van der Waals surface area contributed by atoms with Crippen LogP contribution in [0, 0.1) is 20.8 Å². The van der Waals surface area contributed by atoms with E-state index in [0.717, 1.165) is 11.3 Å². The van der Waals surface area contributed by atoms with Crippen LogP contribution in [0.1, 0.15) is 33.1 Å². The molecule has 1 aromatic carbocycles. The highest BCUT2D eigenvalue weighted by Gasteiger charge is 2.16. The monoisotopic (exact) mass is 299 g/mol. The Morgan fingerprint density at radius 1 is 1.14 bits per heavy atom. The van der Waals surface area contributed by atoms with E-state index in [2.05, 4.69) is 15.3 Å². The molecule has 6 nitrogen and oxygen atoms in total. The second-order valence-corrected chi connectivity index (χ2v) is 5.19. The zero-order chi connectivity index (χ0) is 15.7. The van der Waals surface area contributed by atoms with E-state index < -0.39 is 0 Å². The molecule has 2 heterocycles. The second-order valence-electron chi connectivity index (χ2n) is 5.19. The fraction of sp³-hybridized carbons (Fsp3) is 0.312. The van der Waals surface area contributed by atoms with Gasteiger partial charge in [0.05, 0.1) is 17.0 Å². The Bertz CT molecular complexity index is 720. The van der Waals surface area contributed by atoms with Gasteiger partial charge in [-0.3, -0.25) is 4.79 Å². The summed E-state index contributed by atoms with van der Waals surface area (Å²) in [5.74, 6) is 1.93. The lowest BCUT2D eigenvalue weighted by atomic mass is 10.1. The van der Waals surface area contributed by atoms with Gasteiger partial charge in [0.2, 0.25) is 6.79 Å². The number of benzene rings is 1. The highest BCUT2D eigenvalue weighted by Crippen LogP contribution is 2.32. The summed E-state index contributed by atoms with van der Waals surface area (Å²) in [5.41, 5.74) is 2.86. The average molecular weight is 299 g/mol. The Hall–Kier alpha value is -2.63. The van der Waals surface area contributed by atoms with Crippen molar-refractivity contribution in [3.8, 4) is 11.5 Å². The highest BCUT2D eigenvalue weighted by atomic mass is 16.7. The Balaban J connectivity index is 1.73. The van der Waals surface area contributed by atoms with E-state index in [1.165, 1.54) is 0 Å². The predicted molar refractivity (Wildman–Crippen MR) is 80.0 cm³/mol. The van der Waals surface area contributed by atoms with Crippen molar-refractivity contribution in [3.05, 3.63) is 46.5 Å². The quantitative estimate of drug-likeness (QED) is 0.939. The van der Waals surface area contributed by atoms with E-state index in [-0.39, 0.29) is 12.7 Å². The van der Waals surface area contributed by atoms with Crippen molar-refractivity contribution in [1.29, 1.82) is 0 Å². The largest absolute Gasteiger partial charge is 0.454 e. The molecule has 1 amide bonds. The molecule has 0 unspecified atom stereocenters. The third kappa shape index (κ3) is 2.72. The Labute approximate surface area is 128 Å². The molecule has 3 rings (SSSR count). The number of hydrogen-bond acceptors (Lipinski definition) is 5. The van der Waals surface area contributed by atoms with Crippen LogP contribution >= 0.6 is 0 Å². The zero-order valence-corrected chi connectivity index (χ0v) is 12.8. The third-order valence-electron chi connectivity index (χ3n) is 3.50. The molecular weight excluding hydrogens is 282 g/mol. The van der Waals surface area contributed by atoms with Crippen molar-refractivity contribution in [1.82, 2.24) is 15.3 Å². The number of rotatable bonds is 3. The van der Waals surface area contributed by atoms with E-state index in [4.69, 9.17) is 9.47 Å². The third-order valence-corrected chi connectivity index (χ3v) is 3.50. The summed E-state index contributed by atoms with van der Waals surface area (Å²) in [6, 6.07) is 5.61. The molecule has 6 heteroatoms. The Kier molecular flexibility index (Phi) is 3.66. The van der Waals surface area contributed by atoms with Crippen LogP contribution < -0.4 is 14.8 Å². The van der Waals surface area contributed by atoms with Gasteiger partial charge in [-0.1, -0.05) is 6.07 Å². The number of nitrogens with one attached hydrogen (secondary N) is 1. The fourth-order valence-electron chi connectivity index (χ4n) is 2.53. The Morgan fingerprint density at radius 3 is 2.55 bits per heavy atom. The van der Waals surface area contributed by atoms with Crippen LogP contribution in [0.3, 0.4) is 0 Å². The van der Waals surface area contributed by atoms with Crippen molar-refractivity contribution in [3.63, 3.8) is 0 Å². The lowest BCUT2D eigenvalue weighted by molar-refractivity contribution is 0.0948. The molecule has 0 saturated carbocycles. The normalized spacial score (nSPS) is 12.3. The van der Waals surface area contributed by atoms with Gasteiger partial charge < -0.3 is 14.8 Å². The van der Waals surface area contributed by atoms with Crippen LogP contribution in [0.15, 0.2) is 18.2 Å². The van der Waals surface area contributed by atoms with Gasteiger partial charge in [0.25, 0.3) is 5.91 Å². The second kappa shape index (κ2) is 5.63. The first-order valence-electron chi connectivity index (χ1n) is 7.03. The number of aromatic nitrogens is 2. The smallest absolute Gasteiger partial charge is 0.255 e. The molecule has 1 aromatic heterocycles. The van der Waals surface area contributed by atoms with Crippen LogP contribution in [0.25, 0.3) is 0 Å². The average Bonchev–Trinajstić information content (AvgIpc) is 2.91. The van der Waals surface area contributed by atoms with Gasteiger partial charge in [0.15, 0.2) is 11.5 Å². The van der Waals surface area contributed by atoms with Gasteiger partial charge in [-0.2, -0.15) is 0 Å². The van der Waals surface area contributed by atoms with Crippen LogP contribution in [-0.2, 0) is 6.54 Å². The SMILES string of the molecule is Cc1nc(C)c(C(=O)NCc2ccc3c(c2)OCO3)c(C)n1. The van der Waals surface area contributed by atoms with Gasteiger partial charge in [-0.25, -0.2) is 9.97 Å². The maximum absolute atomic E-state index is 12.4. The van der Waals surface area contributed by atoms with Gasteiger partial charge in [0, 0.05) is 6.54 Å². The van der Waals surface area contributed by atoms with Gasteiger partial charge in [-0.15, -0.1) is 0 Å². The minimum Gasteiger partial charge on any atom is -0.454 e. The van der Waals surface area contributed by atoms with Crippen molar-refractivity contribution in [2.75, 3.05) is 6.79 Å². The lowest BCUT2D eigenvalue weighted by Crippen LogP contribution is -2.25. The first-order valence-corrected chi connectivity index (χ1v) is 7.03. The van der Waals surface area contributed by atoms with Crippen LogP contribution in [0.4, 0.5) is 0 Å². The molecule has 0 spiro atoms. The Morgan fingerprint density at radius 2 is 1.82 bits per heavy atom. The maximum atomic E-state index is 12.4. The van der Waals surface area contributed by atoms with Crippen LogP contribution in [0.2, 0.25) is 0 Å². The van der Waals surface area contributed by atoms with Crippen molar-refractivity contribution in [2.24, 2.45) is 0 Å². The zero-order valence-electron chi connectivity index (χ0n) is 12.8. The summed E-state index contributed by atoms with van der Waals surface area (Å²) >= 11 is 0. The van der Waals surface area contributed by atoms with E-state index in [9.17, 15) is 4.79 Å². The number of aryl methyl sites for hydroxylation is 3. The number of fused-ring (bicyclic) bond motifs is 1. The number of carbonyl (C=O) groups is 1. The van der Waals surface area contributed by atoms with Gasteiger partial charge in [0.1, 0.15) is 5.82 Å². The van der Waals surface area contributed by atoms with E-state index >= 15 is 0 Å². The van der Waals surface area contributed by atoms with Crippen molar-refractivity contribution in [2.45, 2.75) is 27.3 Å². The first-order chi connectivity index (χ1) is 10.5. The van der Waals surface area contributed by atoms with Crippen LogP contribution in [0.5, 0.6) is 11.5 Å². The molecule has 114 valence electrons. The van der Waals surface area contributed by atoms with Crippen molar-refractivity contribution < 1.29 is 14.3 Å². The van der Waals surface area contributed by atoms with Crippen molar-refractivity contribution >= 4 is 5.91 Å². The molecule has 0 atom stereocenters. The summed E-state index contributed by atoms with van der Waals surface area (Å²) in [7, 11) is 0. The fourth-order valence-corrected chi connectivity index (χ4v) is 2.53. The molecule has 0 fully saturated rings. The van der Waals surface area contributed by atoms with Crippen LogP contribution in [-0.4, -0.2) is 22.7 Å². The molecular formula is C16H17N3O3. The lowest BCUT2D eigenvalue weighted by Gasteiger charge is -2.10. The highest BCUT2D eigenvalue weighted by molar-refractivity contribution is 5.96. The molecule has 2 aromatic rings. The minimum atomic E-state index is -0.173. The molecule has 1 N–H and O–H groups in total. The molecule has 0 saturated heterocycles. The summed E-state index contributed by atoms with van der Waals surface area (Å²) in [6.07, 6.45) is 0. The van der Waals surface area contributed by atoms with Gasteiger partial charge >= 0.3 is 0 Å². The predicted octanol–water partition coefficient (Wildman–Crippen LogP) is 2.06. The number of ether oxygens (including phenoxy) is 2. The van der Waals surface area contributed by atoms with E-state index in [1.807, 2.05) is 39.0 Å². The molecule has 1 aliphatic rings. The summed E-state index contributed by atoms with van der Waals surface area (Å²) in [5, 5.41) is 2.89. The number of amides is 1.